The molecule has 3 N–H and O–H groups in total. The summed E-state index contributed by atoms with van der Waals surface area (Å²) in [6.45, 7) is 2.46. The van der Waals surface area contributed by atoms with E-state index in [-0.39, 0.29) is 18.0 Å². The molecular formula is C16H21N3O5S. The van der Waals surface area contributed by atoms with Crippen LogP contribution in [0, 0.1) is 0 Å². The Kier molecular flexibility index (Phi) is 8.94. The van der Waals surface area contributed by atoms with Gasteiger partial charge in [-0.15, -0.1) is 0 Å². The lowest BCUT2D eigenvalue weighted by Crippen LogP contribution is -2.48. The Morgan fingerprint density at radius 1 is 1.12 bits per heavy atom. The number of carbonyl (C=O) groups excluding carboxylic acids is 3. The first-order valence-corrected chi connectivity index (χ1v) is 8.07. The van der Waals surface area contributed by atoms with Crippen LogP contribution in [0.15, 0.2) is 24.3 Å². The van der Waals surface area contributed by atoms with Gasteiger partial charge in [-0.05, 0) is 30.8 Å². The molecule has 0 aliphatic heterocycles. The van der Waals surface area contributed by atoms with Crippen LogP contribution < -0.4 is 20.9 Å². The Morgan fingerprint density at radius 2 is 1.84 bits per heavy atom. The van der Waals surface area contributed by atoms with Crippen molar-refractivity contribution in [1.82, 2.24) is 16.2 Å². The topological polar surface area (TPSA) is 106 Å². The van der Waals surface area contributed by atoms with Crippen LogP contribution in [0.3, 0.4) is 0 Å². The highest BCUT2D eigenvalue weighted by Crippen LogP contribution is 2.17. The molecule has 0 spiro atoms. The Morgan fingerprint density at radius 3 is 2.52 bits per heavy atom. The monoisotopic (exact) mass is 367 g/mol. The lowest BCUT2D eigenvalue weighted by molar-refractivity contribution is -0.142. The molecule has 1 aromatic carbocycles. The van der Waals surface area contributed by atoms with E-state index in [2.05, 4.69) is 20.9 Å². The fourth-order valence-electron chi connectivity index (χ4n) is 1.71. The van der Waals surface area contributed by atoms with Gasteiger partial charge in [-0.3, -0.25) is 25.2 Å². The van der Waals surface area contributed by atoms with E-state index in [0.717, 1.165) is 6.42 Å². The number of hydrazine groups is 1. The summed E-state index contributed by atoms with van der Waals surface area (Å²) in [6.07, 6.45) is 0.686. The van der Waals surface area contributed by atoms with Crippen molar-refractivity contribution in [1.29, 1.82) is 0 Å². The van der Waals surface area contributed by atoms with Gasteiger partial charge in [0.15, 0.2) is 5.11 Å². The number of thiocarbonyl (C=S) groups is 1. The minimum Gasteiger partial charge on any atom is -0.493 e. The molecule has 0 aliphatic rings. The van der Waals surface area contributed by atoms with Crippen molar-refractivity contribution in [2.45, 2.75) is 26.2 Å². The first-order chi connectivity index (χ1) is 12.0. The van der Waals surface area contributed by atoms with Crippen molar-refractivity contribution in [3.8, 4) is 5.75 Å². The molecule has 0 radical (unpaired) electrons. The van der Waals surface area contributed by atoms with E-state index in [1.54, 1.807) is 24.3 Å². The number of ether oxygens (including phenoxy) is 2. The number of benzene rings is 1. The van der Waals surface area contributed by atoms with Gasteiger partial charge in [0, 0.05) is 6.42 Å². The van der Waals surface area contributed by atoms with Gasteiger partial charge in [0.25, 0.3) is 5.91 Å². The second-order valence-corrected chi connectivity index (χ2v) is 5.29. The van der Waals surface area contributed by atoms with Gasteiger partial charge < -0.3 is 14.8 Å². The Bertz CT molecular complexity index is 636. The van der Waals surface area contributed by atoms with E-state index >= 15 is 0 Å². The maximum atomic E-state index is 12.2. The quantitative estimate of drug-likeness (QED) is 0.376. The molecule has 0 fully saturated rings. The average molecular weight is 367 g/mol. The number of carbonyl (C=O) groups is 3. The molecule has 9 heteroatoms. The molecule has 0 saturated carbocycles. The molecular weight excluding hydrogens is 346 g/mol. The summed E-state index contributed by atoms with van der Waals surface area (Å²) >= 11 is 4.90. The smallest absolute Gasteiger partial charge is 0.306 e. The first kappa shape index (κ1) is 20.4. The summed E-state index contributed by atoms with van der Waals surface area (Å²) in [5, 5.41) is 2.25. The molecule has 0 saturated heterocycles. The van der Waals surface area contributed by atoms with Crippen molar-refractivity contribution in [2.24, 2.45) is 0 Å². The van der Waals surface area contributed by atoms with Gasteiger partial charge in [-0.1, -0.05) is 19.1 Å². The highest BCUT2D eigenvalue weighted by Gasteiger charge is 2.13. The van der Waals surface area contributed by atoms with Crippen LogP contribution in [0.2, 0.25) is 0 Å². The normalized spacial score (nSPS) is 9.68. The fourth-order valence-corrected chi connectivity index (χ4v) is 1.88. The predicted molar refractivity (Wildman–Crippen MR) is 94.8 cm³/mol. The predicted octanol–water partition coefficient (Wildman–Crippen LogP) is 1.06. The number of esters is 1. The molecule has 0 unspecified atom stereocenters. The van der Waals surface area contributed by atoms with Gasteiger partial charge >= 0.3 is 5.97 Å². The summed E-state index contributed by atoms with van der Waals surface area (Å²) < 4.78 is 9.95. The highest BCUT2D eigenvalue weighted by atomic mass is 32.1. The Hall–Kier alpha value is -2.68. The van der Waals surface area contributed by atoms with Crippen LogP contribution >= 0.6 is 12.2 Å². The number of nitrogens with one attached hydrogen (secondary N) is 3. The zero-order valence-electron chi connectivity index (χ0n) is 14.1. The lowest BCUT2D eigenvalue weighted by atomic mass is 10.2. The molecule has 0 heterocycles. The van der Waals surface area contributed by atoms with Gasteiger partial charge in [0.2, 0.25) is 5.91 Å². The average Bonchev–Trinajstić information content (AvgIpc) is 2.62. The molecule has 0 aromatic heterocycles. The van der Waals surface area contributed by atoms with E-state index in [0.29, 0.717) is 17.9 Å². The SMILES string of the molecule is CCCOc1ccccc1C(=O)NNC(=S)NC(=O)CCC(=O)OC. The second kappa shape index (κ2) is 11.0. The van der Waals surface area contributed by atoms with Crippen molar-refractivity contribution in [3.63, 3.8) is 0 Å². The van der Waals surface area contributed by atoms with Crippen molar-refractivity contribution in [3.05, 3.63) is 29.8 Å². The van der Waals surface area contributed by atoms with E-state index in [4.69, 9.17) is 17.0 Å². The van der Waals surface area contributed by atoms with Crippen LogP contribution in [0.25, 0.3) is 0 Å². The molecule has 1 aromatic rings. The number of methoxy groups -OCH3 is 1. The third-order valence-corrected chi connectivity index (χ3v) is 3.12. The van der Waals surface area contributed by atoms with E-state index in [1.807, 2.05) is 6.92 Å². The number of hydrogen-bond acceptors (Lipinski definition) is 6. The van der Waals surface area contributed by atoms with Gasteiger partial charge in [-0.25, -0.2) is 0 Å². The lowest BCUT2D eigenvalue weighted by Gasteiger charge is -2.13. The summed E-state index contributed by atoms with van der Waals surface area (Å²) in [4.78, 5) is 34.7. The van der Waals surface area contributed by atoms with Crippen molar-refractivity contribution < 1.29 is 23.9 Å². The third kappa shape index (κ3) is 7.62. The molecule has 8 nitrogen and oxygen atoms in total. The van der Waals surface area contributed by atoms with Crippen LogP contribution in [0.5, 0.6) is 5.75 Å². The number of amides is 2. The molecule has 0 atom stereocenters. The number of para-hydroxylation sites is 1. The third-order valence-electron chi connectivity index (χ3n) is 2.92. The highest BCUT2D eigenvalue weighted by molar-refractivity contribution is 7.80. The van der Waals surface area contributed by atoms with Crippen LogP contribution in [0.1, 0.15) is 36.5 Å². The van der Waals surface area contributed by atoms with Gasteiger partial charge in [-0.2, -0.15) is 0 Å². The van der Waals surface area contributed by atoms with E-state index in [1.165, 1.54) is 7.11 Å². The first-order valence-electron chi connectivity index (χ1n) is 7.66. The molecule has 136 valence electrons. The maximum absolute atomic E-state index is 12.2. The van der Waals surface area contributed by atoms with Crippen molar-refractivity contribution >= 4 is 35.1 Å². The summed E-state index contributed by atoms with van der Waals surface area (Å²) in [7, 11) is 1.24. The van der Waals surface area contributed by atoms with Crippen LogP contribution in [-0.4, -0.2) is 36.6 Å². The zero-order chi connectivity index (χ0) is 18.7. The molecule has 2 amide bonds. The van der Waals surface area contributed by atoms with Crippen LogP contribution in [0.4, 0.5) is 0 Å². The minimum absolute atomic E-state index is 0.0561. The molecule has 25 heavy (non-hydrogen) atoms. The van der Waals surface area contributed by atoms with Gasteiger partial charge in [0.1, 0.15) is 5.75 Å². The van der Waals surface area contributed by atoms with Gasteiger partial charge in [0.05, 0.1) is 25.7 Å². The van der Waals surface area contributed by atoms with Crippen molar-refractivity contribution in [2.75, 3.05) is 13.7 Å². The maximum Gasteiger partial charge on any atom is 0.306 e. The molecule has 1 rings (SSSR count). The fraction of sp³-hybridized carbons (Fsp3) is 0.375. The minimum atomic E-state index is -0.494. The second-order valence-electron chi connectivity index (χ2n) is 4.88. The number of hydrogen-bond donors (Lipinski definition) is 3. The molecule has 0 bridgehead atoms. The zero-order valence-corrected chi connectivity index (χ0v) is 14.9. The van der Waals surface area contributed by atoms with Crippen LogP contribution in [-0.2, 0) is 14.3 Å². The largest absolute Gasteiger partial charge is 0.493 e. The Labute approximate surface area is 151 Å². The summed E-state index contributed by atoms with van der Waals surface area (Å²) in [5.41, 5.74) is 5.14. The Balaban J connectivity index is 2.47. The number of rotatable bonds is 7. The summed E-state index contributed by atoms with van der Waals surface area (Å²) in [6, 6.07) is 6.78. The van der Waals surface area contributed by atoms with E-state index in [9.17, 15) is 14.4 Å². The molecule has 0 aliphatic carbocycles. The van der Waals surface area contributed by atoms with E-state index < -0.39 is 17.8 Å². The standard InChI is InChI=1S/C16H21N3O5S/c1-3-10-24-12-7-5-4-6-11(12)15(22)18-19-16(25)17-13(20)8-9-14(21)23-2/h4-7H,3,8-10H2,1-2H3,(H,18,22)(H2,17,19,20,25). The summed E-state index contributed by atoms with van der Waals surface area (Å²) in [5.74, 6) is -0.968.